The third kappa shape index (κ3) is 17.0. The number of allylic oxidation sites excluding steroid dienone is 1. The van der Waals surface area contributed by atoms with E-state index in [2.05, 4.69) is 63.6 Å². The minimum Gasteiger partial charge on any atom is -0.242 e. The summed E-state index contributed by atoms with van der Waals surface area (Å²) < 4.78 is 38.0. The van der Waals surface area contributed by atoms with Gasteiger partial charge in [0.05, 0.1) is 5.69 Å². The second-order valence-electron chi connectivity index (χ2n) is 10.9. The van der Waals surface area contributed by atoms with Gasteiger partial charge in [-0.25, -0.2) is 53.0 Å². The molecule has 0 spiro atoms. The highest BCUT2D eigenvalue weighted by Gasteiger charge is 1.99. The van der Waals surface area contributed by atoms with Crippen LogP contribution in [-0.4, -0.2) is 39.9 Å². The quantitative estimate of drug-likeness (QED) is 0.0963. The van der Waals surface area contributed by atoms with Crippen molar-refractivity contribution in [3.05, 3.63) is 200 Å². The van der Waals surface area contributed by atoms with Crippen molar-refractivity contribution >= 4 is 58.1 Å². The molecule has 0 unspecified atom stereocenters. The van der Waals surface area contributed by atoms with Crippen molar-refractivity contribution < 1.29 is 13.2 Å². The molecule has 0 amide bonds. The monoisotopic (exact) mass is 840 g/mol. The minimum absolute atomic E-state index is 0.158. The summed E-state index contributed by atoms with van der Waals surface area (Å²) >= 11 is 22.0. The van der Waals surface area contributed by atoms with Crippen LogP contribution in [0.2, 0.25) is 21.0 Å². The van der Waals surface area contributed by atoms with E-state index in [1.165, 1.54) is 48.8 Å². The summed E-state index contributed by atoms with van der Waals surface area (Å²) in [6, 6.07) is 25.0. The lowest BCUT2D eigenvalue weighted by Crippen LogP contribution is -1.89. The second-order valence-corrected chi connectivity index (χ2v) is 12.3. The third-order valence-corrected chi connectivity index (χ3v) is 7.42. The Labute approximate surface area is 346 Å². The zero-order chi connectivity index (χ0) is 41.0. The lowest BCUT2D eigenvalue weighted by atomic mass is 10.1. The van der Waals surface area contributed by atoms with Crippen molar-refractivity contribution in [3.8, 4) is 23.7 Å². The van der Waals surface area contributed by atoms with Gasteiger partial charge >= 0.3 is 0 Å². The Hall–Kier alpha value is -6.21. The molecule has 7 rings (SSSR count). The molecule has 57 heavy (non-hydrogen) atoms. The van der Waals surface area contributed by atoms with Crippen LogP contribution >= 0.6 is 46.4 Å². The standard InChI is InChI=1S/C13H10ClFN2.C13H9FN2.C12H6ClFN2.C4H2Cl2N2/c1-9(10-2-4-11(15)5-3-10)8-12-6-7-16-13(14)17-12;1-10-15-9-8-13(16-10)7-4-11-2-5-12(14)6-3-11;13-12-15-8-7-11(16-12)6-3-9-1-4-10(14)5-2-9;5-3-1-2-7-4(6)8-3/h2-8H,1H3;2-3,5-6,8-9H,1H3;1-2,4-5,7-8H;1-2H/b9-8+;;;. The molecule has 284 valence electrons. The van der Waals surface area contributed by atoms with Gasteiger partial charge in [0.25, 0.3) is 0 Å². The number of benzene rings is 3. The fraction of sp³-hybridized carbons (Fsp3) is 0.0476. The highest BCUT2D eigenvalue weighted by Crippen LogP contribution is 2.17. The topological polar surface area (TPSA) is 103 Å². The molecule has 3 aromatic carbocycles. The molecule has 4 aromatic heterocycles. The summed E-state index contributed by atoms with van der Waals surface area (Å²) in [7, 11) is 0. The molecule has 7 aromatic rings. The number of aryl methyl sites for hydroxylation is 1. The fourth-order valence-corrected chi connectivity index (χ4v) is 4.66. The van der Waals surface area contributed by atoms with Gasteiger partial charge in [-0.2, -0.15) is 0 Å². The van der Waals surface area contributed by atoms with Crippen molar-refractivity contribution in [2.24, 2.45) is 0 Å². The molecule has 0 saturated carbocycles. The maximum absolute atomic E-state index is 12.8. The van der Waals surface area contributed by atoms with E-state index in [1.54, 1.807) is 73.1 Å². The van der Waals surface area contributed by atoms with Crippen LogP contribution in [0.1, 0.15) is 46.5 Å². The molecule has 0 fully saturated rings. The van der Waals surface area contributed by atoms with Gasteiger partial charge in [0.15, 0.2) is 0 Å². The first-order valence-corrected chi connectivity index (χ1v) is 17.8. The highest BCUT2D eigenvalue weighted by molar-refractivity contribution is 6.31. The maximum atomic E-state index is 12.8. The Balaban J connectivity index is 0.000000173. The van der Waals surface area contributed by atoms with Crippen LogP contribution in [-0.2, 0) is 0 Å². The molecule has 4 heterocycles. The van der Waals surface area contributed by atoms with E-state index in [4.69, 9.17) is 46.4 Å². The number of rotatable bonds is 2. The third-order valence-electron chi connectivity index (χ3n) is 6.66. The van der Waals surface area contributed by atoms with Crippen molar-refractivity contribution in [3.63, 3.8) is 0 Å². The molecule has 0 aliphatic rings. The van der Waals surface area contributed by atoms with Gasteiger partial charge in [-0.1, -0.05) is 35.6 Å². The van der Waals surface area contributed by atoms with Crippen LogP contribution in [0.4, 0.5) is 13.2 Å². The first-order chi connectivity index (χ1) is 27.4. The van der Waals surface area contributed by atoms with Crippen molar-refractivity contribution in [2.45, 2.75) is 13.8 Å². The summed E-state index contributed by atoms with van der Waals surface area (Å²) in [5, 5.41) is 0.916. The molecule has 0 N–H and O–H groups in total. The van der Waals surface area contributed by atoms with Gasteiger partial charge in [-0.3, -0.25) is 0 Å². The van der Waals surface area contributed by atoms with E-state index in [0.29, 0.717) is 22.4 Å². The van der Waals surface area contributed by atoms with E-state index >= 15 is 0 Å². The lowest BCUT2D eigenvalue weighted by Gasteiger charge is -2.01. The average molecular weight is 843 g/mol. The summed E-state index contributed by atoms with van der Waals surface area (Å²) in [6.07, 6.45) is 8.17. The Morgan fingerprint density at radius 3 is 1.39 bits per heavy atom. The van der Waals surface area contributed by atoms with E-state index in [9.17, 15) is 13.2 Å². The predicted octanol–water partition coefficient (Wildman–Crippen LogP) is 10.6. The van der Waals surface area contributed by atoms with Crippen LogP contribution in [0, 0.1) is 48.1 Å². The largest absolute Gasteiger partial charge is 0.242 e. The maximum Gasteiger partial charge on any atom is 0.223 e. The van der Waals surface area contributed by atoms with Gasteiger partial charge in [0.2, 0.25) is 15.9 Å². The first-order valence-electron chi connectivity index (χ1n) is 16.3. The van der Waals surface area contributed by atoms with Gasteiger partial charge in [0.1, 0.15) is 39.8 Å². The van der Waals surface area contributed by atoms with Crippen LogP contribution in [0.5, 0.6) is 0 Å². The van der Waals surface area contributed by atoms with Crippen LogP contribution in [0.15, 0.2) is 122 Å². The number of nitrogens with zero attached hydrogens (tertiary/aromatic N) is 8. The van der Waals surface area contributed by atoms with E-state index in [-0.39, 0.29) is 33.3 Å². The molecular formula is C42H27Cl4F3N8. The first kappa shape index (κ1) is 43.5. The Morgan fingerprint density at radius 2 is 0.930 bits per heavy atom. The van der Waals surface area contributed by atoms with E-state index in [0.717, 1.165) is 28.0 Å². The van der Waals surface area contributed by atoms with Gasteiger partial charge < -0.3 is 0 Å². The van der Waals surface area contributed by atoms with Crippen molar-refractivity contribution in [2.75, 3.05) is 0 Å². The van der Waals surface area contributed by atoms with Crippen LogP contribution in [0.25, 0.3) is 11.6 Å². The fourth-order valence-electron chi connectivity index (χ4n) is 4.03. The molecule has 0 aliphatic carbocycles. The summed E-state index contributed by atoms with van der Waals surface area (Å²) in [5.41, 5.74) is 5.34. The van der Waals surface area contributed by atoms with E-state index in [1.807, 2.05) is 19.9 Å². The van der Waals surface area contributed by atoms with Gasteiger partial charge in [0, 0.05) is 35.9 Å². The molecule has 0 aliphatic heterocycles. The smallest absolute Gasteiger partial charge is 0.223 e. The lowest BCUT2D eigenvalue weighted by molar-refractivity contribution is 0.627. The molecule has 0 saturated heterocycles. The number of halogens is 7. The normalized spacial score (nSPS) is 10.0. The second kappa shape index (κ2) is 23.0. The molecule has 8 nitrogen and oxygen atoms in total. The molecule has 0 bridgehead atoms. The van der Waals surface area contributed by atoms with Crippen molar-refractivity contribution in [1.29, 1.82) is 0 Å². The number of hydrogen-bond acceptors (Lipinski definition) is 8. The van der Waals surface area contributed by atoms with Crippen LogP contribution < -0.4 is 0 Å². The average Bonchev–Trinajstić information content (AvgIpc) is 3.19. The van der Waals surface area contributed by atoms with Gasteiger partial charge in [-0.05, 0) is 163 Å². The Morgan fingerprint density at radius 1 is 0.491 bits per heavy atom. The highest BCUT2D eigenvalue weighted by atomic mass is 35.5. The number of aromatic nitrogens is 8. The summed E-state index contributed by atoms with van der Waals surface area (Å²) in [6.45, 7) is 3.74. The Bertz CT molecular complexity index is 2410. The van der Waals surface area contributed by atoms with Gasteiger partial charge in [-0.15, -0.1) is 0 Å². The Kier molecular flexibility index (Phi) is 17.6. The zero-order valence-corrected chi connectivity index (χ0v) is 32.9. The SMILES string of the molecule is C/C(=C\c1ccnc(Cl)n1)c1ccc(F)cc1.Cc1nccc(C#Cc2ccc(F)cc2)n1.Clc1ccnc(Cl)n1.Fc1ccc(C#Cc2ccnc(Cl)n2)cc1. The zero-order valence-electron chi connectivity index (χ0n) is 29.8. The molecule has 15 heteroatoms. The molecular weight excluding hydrogens is 815 g/mol. The summed E-state index contributed by atoms with van der Waals surface area (Å²) in [4.78, 5) is 30.9. The number of hydrogen-bond donors (Lipinski definition) is 0. The van der Waals surface area contributed by atoms with Crippen molar-refractivity contribution in [1.82, 2.24) is 39.9 Å². The summed E-state index contributed by atoms with van der Waals surface area (Å²) in [5.74, 6) is 11.4. The molecule has 0 atom stereocenters. The van der Waals surface area contributed by atoms with Crippen LogP contribution in [0.3, 0.4) is 0 Å². The minimum atomic E-state index is -0.282. The van der Waals surface area contributed by atoms with E-state index < -0.39 is 0 Å². The molecule has 0 radical (unpaired) electrons. The predicted molar refractivity (Wildman–Crippen MR) is 218 cm³/mol.